The van der Waals surface area contributed by atoms with Gasteiger partial charge in [0.2, 0.25) is 0 Å². The molecule has 0 radical (unpaired) electrons. The van der Waals surface area contributed by atoms with Crippen molar-refractivity contribution in [2.45, 2.75) is 55.2 Å². The van der Waals surface area contributed by atoms with Gasteiger partial charge in [-0.3, -0.25) is 4.90 Å². The van der Waals surface area contributed by atoms with E-state index in [1.807, 2.05) is 12.1 Å². The molecule has 1 saturated heterocycles. The number of ether oxygens (including phenoxy) is 3. The fourth-order valence-electron chi connectivity index (χ4n) is 6.37. The molecule has 1 aliphatic heterocycles. The van der Waals surface area contributed by atoms with E-state index >= 15 is 0 Å². The van der Waals surface area contributed by atoms with E-state index < -0.39 is 27.1 Å². The number of alkyl halides is 3. The summed E-state index contributed by atoms with van der Waals surface area (Å²) in [5.74, 6) is 1.26. The van der Waals surface area contributed by atoms with Crippen LogP contribution in [-0.2, 0) is 30.9 Å². The van der Waals surface area contributed by atoms with Crippen molar-refractivity contribution >= 4 is 10.1 Å². The van der Waals surface area contributed by atoms with Gasteiger partial charge in [-0.1, -0.05) is 6.07 Å². The monoisotopic (exact) mass is 517 g/mol. The summed E-state index contributed by atoms with van der Waals surface area (Å²) < 4.78 is 84.9. The molecule has 0 N–H and O–H groups in total. The highest BCUT2D eigenvalue weighted by molar-refractivity contribution is 7.87. The van der Waals surface area contributed by atoms with E-state index in [1.54, 1.807) is 20.3 Å². The second-order valence-corrected chi connectivity index (χ2v) is 11.5. The molecule has 7 nitrogen and oxygen atoms in total. The third-order valence-electron chi connectivity index (χ3n) is 8.10. The Morgan fingerprint density at radius 1 is 1.14 bits per heavy atom. The zero-order chi connectivity index (χ0) is 25.2. The van der Waals surface area contributed by atoms with Crippen molar-refractivity contribution in [3.8, 4) is 11.5 Å². The molecule has 0 amide bonds. The second kappa shape index (κ2) is 8.55. The van der Waals surface area contributed by atoms with Gasteiger partial charge in [0.25, 0.3) is 0 Å². The lowest BCUT2D eigenvalue weighted by atomic mass is 9.53. The predicted octanol–water partition coefficient (Wildman–Crippen LogP) is 3.77. The van der Waals surface area contributed by atoms with Crippen molar-refractivity contribution in [1.82, 2.24) is 4.90 Å². The summed E-state index contributed by atoms with van der Waals surface area (Å²) in [5.41, 5.74) is -3.96. The number of halogens is 3. The fourth-order valence-corrected chi connectivity index (χ4v) is 6.88. The minimum absolute atomic E-state index is 0.0000482. The summed E-state index contributed by atoms with van der Waals surface area (Å²) in [4.78, 5) is 2.42. The molecule has 3 aliphatic carbocycles. The number of fused-ring (bicyclic) bond motifs is 1. The lowest BCUT2D eigenvalue weighted by molar-refractivity contribution is -0.0568. The molecule has 4 aliphatic rings. The SMILES string of the molecule is COc1ccc2c(c1OC)[C@@]13CCN(CC4CC4)[C@@H](C2)C1C=C(OS(=O)(=O)C(F)(F)F)C(OC)C3. The molecule has 5 rings (SSSR count). The Morgan fingerprint density at radius 2 is 1.89 bits per heavy atom. The van der Waals surface area contributed by atoms with Crippen molar-refractivity contribution < 1.29 is 40.0 Å². The summed E-state index contributed by atoms with van der Waals surface area (Å²) in [7, 11) is -1.32. The first-order valence-corrected chi connectivity index (χ1v) is 13.2. The molecular weight excluding hydrogens is 487 g/mol. The maximum absolute atomic E-state index is 13.2. The van der Waals surface area contributed by atoms with Gasteiger partial charge in [0.1, 0.15) is 11.9 Å². The lowest BCUT2D eigenvalue weighted by Crippen LogP contribution is -2.62. The van der Waals surface area contributed by atoms with Crippen molar-refractivity contribution in [1.29, 1.82) is 0 Å². The third kappa shape index (κ3) is 3.99. The number of benzene rings is 1. The van der Waals surface area contributed by atoms with E-state index in [0.717, 1.165) is 30.6 Å². The first-order valence-electron chi connectivity index (χ1n) is 11.8. The van der Waals surface area contributed by atoms with E-state index in [9.17, 15) is 21.6 Å². The number of rotatable bonds is 7. The molecule has 1 aromatic carbocycles. The van der Waals surface area contributed by atoms with Crippen LogP contribution in [0.4, 0.5) is 13.2 Å². The average molecular weight is 518 g/mol. The number of hydrogen-bond acceptors (Lipinski definition) is 7. The standard InChI is InChI=1S/C24H30F3NO6S/c1-31-18-7-6-15-10-17-16-11-19(34-35(29,30)24(25,26)27)20(32-2)12-23(16,21(15)22(18)33-3)8-9-28(17)13-14-4-5-14/h6-7,11,14,16-17,20H,4-5,8-10,12-13H2,1-3H3/t16?,17-,20?,23+/m0/s1. The highest BCUT2D eigenvalue weighted by Gasteiger charge is 2.59. The zero-order valence-electron chi connectivity index (χ0n) is 19.9. The van der Waals surface area contributed by atoms with Crippen LogP contribution in [0, 0.1) is 11.8 Å². The van der Waals surface area contributed by atoms with Crippen LogP contribution in [0.1, 0.15) is 36.8 Å². The zero-order valence-corrected chi connectivity index (χ0v) is 20.7. The summed E-state index contributed by atoms with van der Waals surface area (Å²) >= 11 is 0. The van der Waals surface area contributed by atoms with Gasteiger partial charge in [0, 0.05) is 36.6 Å². The van der Waals surface area contributed by atoms with E-state index in [1.165, 1.54) is 20.0 Å². The molecule has 2 fully saturated rings. The predicted molar refractivity (Wildman–Crippen MR) is 121 cm³/mol. The molecular formula is C24H30F3NO6S. The Hall–Kier alpha value is -1.98. The Labute approximate surface area is 203 Å². The fraction of sp³-hybridized carbons (Fsp3) is 0.667. The Morgan fingerprint density at radius 3 is 2.49 bits per heavy atom. The van der Waals surface area contributed by atoms with Crippen LogP contribution in [0.5, 0.6) is 11.5 Å². The van der Waals surface area contributed by atoms with Crippen LogP contribution in [0.2, 0.25) is 0 Å². The number of methoxy groups -OCH3 is 3. The molecule has 2 bridgehead atoms. The largest absolute Gasteiger partial charge is 0.534 e. The maximum atomic E-state index is 13.2. The summed E-state index contributed by atoms with van der Waals surface area (Å²) in [6.45, 7) is 1.76. The highest BCUT2D eigenvalue weighted by Crippen LogP contribution is 2.59. The van der Waals surface area contributed by atoms with Gasteiger partial charge in [-0.15, -0.1) is 0 Å². The molecule has 1 aromatic rings. The van der Waals surface area contributed by atoms with Gasteiger partial charge in [0.15, 0.2) is 11.5 Å². The molecule has 4 atom stereocenters. The Kier molecular flexibility index (Phi) is 6.04. The van der Waals surface area contributed by atoms with Gasteiger partial charge < -0.3 is 18.4 Å². The first-order chi connectivity index (χ1) is 16.5. The van der Waals surface area contributed by atoms with Crippen LogP contribution in [0.3, 0.4) is 0 Å². The van der Waals surface area contributed by atoms with Crippen LogP contribution in [-0.4, -0.2) is 65.4 Å². The van der Waals surface area contributed by atoms with Crippen LogP contribution in [0.25, 0.3) is 0 Å². The van der Waals surface area contributed by atoms with Gasteiger partial charge >= 0.3 is 15.6 Å². The Balaban J connectivity index is 1.65. The van der Waals surface area contributed by atoms with Gasteiger partial charge in [0.05, 0.1) is 14.2 Å². The van der Waals surface area contributed by atoms with Crippen molar-refractivity contribution in [2.75, 3.05) is 34.4 Å². The van der Waals surface area contributed by atoms with Gasteiger partial charge in [-0.05, 0) is 62.3 Å². The average Bonchev–Trinajstić information content (AvgIpc) is 3.62. The first kappa shape index (κ1) is 24.7. The van der Waals surface area contributed by atoms with Crippen LogP contribution in [0.15, 0.2) is 24.0 Å². The molecule has 1 saturated carbocycles. The van der Waals surface area contributed by atoms with Crippen molar-refractivity contribution in [3.05, 3.63) is 35.1 Å². The van der Waals surface area contributed by atoms with E-state index in [0.29, 0.717) is 23.8 Å². The minimum atomic E-state index is -5.82. The summed E-state index contributed by atoms with van der Waals surface area (Å²) in [6, 6.07) is 3.92. The Bertz CT molecular complexity index is 1130. The number of piperidine rings is 1. The molecule has 35 heavy (non-hydrogen) atoms. The maximum Gasteiger partial charge on any atom is 0.534 e. The molecule has 194 valence electrons. The number of hydrogen-bond donors (Lipinski definition) is 0. The van der Waals surface area contributed by atoms with Gasteiger partial charge in [-0.2, -0.15) is 21.6 Å². The second-order valence-electron chi connectivity index (χ2n) is 9.96. The third-order valence-corrected chi connectivity index (χ3v) is 9.08. The molecule has 11 heteroatoms. The van der Waals surface area contributed by atoms with E-state index in [-0.39, 0.29) is 24.1 Å². The molecule has 2 unspecified atom stereocenters. The number of likely N-dealkylation sites (tertiary alicyclic amines) is 1. The van der Waals surface area contributed by atoms with Crippen molar-refractivity contribution in [2.24, 2.45) is 11.8 Å². The number of nitrogens with zero attached hydrogens (tertiary/aromatic N) is 1. The van der Waals surface area contributed by atoms with Gasteiger partial charge in [-0.25, -0.2) is 0 Å². The van der Waals surface area contributed by atoms with Crippen LogP contribution >= 0.6 is 0 Å². The minimum Gasteiger partial charge on any atom is -0.493 e. The molecule has 0 spiro atoms. The van der Waals surface area contributed by atoms with E-state index in [2.05, 4.69) is 9.08 Å². The summed E-state index contributed by atoms with van der Waals surface area (Å²) in [5, 5.41) is 0. The quantitative estimate of drug-likeness (QED) is 0.403. The highest BCUT2D eigenvalue weighted by atomic mass is 32.2. The molecule has 0 aromatic heterocycles. The van der Waals surface area contributed by atoms with Crippen LogP contribution < -0.4 is 9.47 Å². The topological polar surface area (TPSA) is 74.3 Å². The lowest BCUT2D eigenvalue weighted by Gasteiger charge is -2.58. The molecule has 1 heterocycles. The van der Waals surface area contributed by atoms with E-state index in [4.69, 9.17) is 14.2 Å². The normalized spacial score (nSPS) is 30.7. The summed E-state index contributed by atoms with van der Waals surface area (Å²) in [6.07, 6.45) is 4.65. The van der Waals surface area contributed by atoms with Crippen molar-refractivity contribution in [3.63, 3.8) is 0 Å². The smallest absolute Gasteiger partial charge is 0.493 e.